The van der Waals surface area contributed by atoms with Crippen molar-refractivity contribution in [2.75, 3.05) is 43.0 Å². The molecule has 0 aliphatic carbocycles. The van der Waals surface area contributed by atoms with Gasteiger partial charge in [-0.1, -0.05) is 30.3 Å². The lowest BCUT2D eigenvalue weighted by molar-refractivity contribution is -0.384. The Balaban J connectivity index is 1.76. The van der Waals surface area contributed by atoms with Gasteiger partial charge in [0.15, 0.2) is 0 Å². The Labute approximate surface area is 163 Å². The third kappa shape index (κ3) is 3.59. The van der Waals surface area contributed by atoms with Crippen LogP contribution in [-0.4, -0.2) is 48.1 Å². The molecule has 0 amide bonds. The summed E-state index contributed by atoms with van der Waals surface area (Å²) in [5, 5.41) is 15.7. The van der Waals surface area contributed by atoms with Crippen LogP contribution in [0.3, 0.4) is 0 Å². The van der Waals surface area contributed by atoms with Crippen molar-refractivity contribution in [1.29, 1.82) is 0 Å². The number of nitrogens with zero attached hydrogens (tertiary/aromatic N) is 5. The maximum absolute atomic E-state index is 11.8. The topological polar surface area (TPSA) is 87.4 Å². The van der Waals surface area contributed by atoms with Crippen LogP contribution < -0.4 is 15.1 Å². The highest BCUT2D eigenvalue weighted by atomic mass is 16.6. The number of nitrogens with one attached hydrogen (secondary N) is 1. The van der Waals surface area contributed by atoms with Crippen LogP contribution >= 0.6 is 0 Å². The molecule has 0 spiro atoms. The van der Waals surface area contributed by atoms with E-state index in [0.717, 1.165) is 31.7 Å². The first kappa shape index (κ1) is 18.1. The number of fused-ring (bicyclic) bond motifs is 1. The molecule has 8 heteroatoms. The van der Waals surface area contributed by atoms with Crippen molar-refractivity contribution in [3.63, 3.8) is 0 Å². The number of benzene rings is 2. The smallest absolute Gasteiger partial charge is 0.293 e. The van der Waals surface area contributed by atoms with Gasteiger partial charge < -0.3 is 15.1 Å². The first-order valence-electron chi connectivity index (χ1n) is 9.27. The minimum absolute atomic E-state index is 0.0959. The highest BCUT2D eigenvalue weighted by Gasteiger charge is 2.24. The van der Waals surface area contributed by atoms with Crippen molar-refractivity contribution in [3.05, 3.63) is 64.5 Å². The van der Waals surface area contributed by atoms with E-state index in [1.54, 1.807) is 6.07 Å². The quantitative estimate of drug-likeness (QED) is 0.539. The number of rotatable bonds is 5. The molecule has 1 aliphatic heterocycles. The second-order valence-electron chi connectivity index (χ2n) is 6.89. The molecular weight excluding hydrogens is 356 g/mol. The lowest BCUT2D eigenvalue weighted by Crippen LogP contribution is -2.43. The zero-order chi connectivity index (χ0) is 19.5. The van der Waals surface area contributed by atoms with Crippen molar-refractivity contribution in [1.82, 2.24) is 15.3 Å². The van der Waals surface area contributed by atoms with E-state index in [1.807, 2.05) is 53.2 Å². The maximum atomic E-state index is 11.8. The van der Waals surface area contributed by atoms with E-state index in [-0.39, 0.29) is 10.6 Å². The first-order chi connectivity index (χ1) is 13.6. The number of nitro benzene ring substituents is 1. The number of piperazine rings is 1. The van der Waals surface area contributed by atoms with Gasteiger partial charge in [0.05, 0.1) is 10.4 Å². The molecule has 4 rings (SSSR count). The van der Waals surface area contributed by atoms with Gasteiger partial charge in [-0.25, -0.2) is 9.97 Å². The molecule has 0 bridgehead atoms. The lowest BCUT2D eigenvalue weighted by Gasteiger charge is -2.29. The molecule has 0 atom stereocenters. The molecule has 0 saturated carbocycles. The van der Waals surface area contributed by atoms with E-state index in [4.69, 9.17) is 0 Å². The van der Waals surface area contributed by atoms with Crippen LogP contribution in [0.1, 0.15) is 5.56 Å². The summed E-state index contributed by atoms with van der Waals surface area (Å²) in [5.74, 6) is 0.684. The van der Waals surface area contributed by atoms with Crippen molar-refractivity contribution in [2.45, 2.75) is 6.54 Å². The van der Waals surface area contributed by atoms with E-state index in [2.05, 4.69) is 15.3 Å². The van der Waals surface area contributed by atoms with Gasteiger partial charge in [-0.05, 0) is 11.6 Å². The molecular formula is C20H22N6O2. The number of aromatic nitrogens is 2. The molecule has 1 aromatic heterocycles. The van der Waals surface area contributed by atoms with E-state index in [9.17, 15) is 10.1 Å². The Kier molecular flexibility index (Phi) is 5.03. The van der Waals surface area contributed by atoms with Crippen molar-refractivity contribution >= 4 is 28.1 Å². The average molecular weight is 378 g/mol. The Hall–Kier alpha value is -3.26. The van der Waals surface area contributed by atoms with Crippen LogP contribution in [-0.2, 0) is 6.54 Å². The Morgan fingerprint density at radius 1 is 1.18 bits per heavy atom. The van der Waals surface area contributed by atoms with Gasteiger partial charge in [0.2, 0.25) is 0 Å². The summed E-state index contributed by atoms with van der Waals surface area (Å²) in [4.78, 5) is 24.3. The Morgan fingerprint density at radius 2 is 1.93 bits per heavy atom. The molecule has 1 saturated heterocycles. The van der Waals surface area contributed by atoms with Gasteiger partial charge >= 0.3 is 0 Å². The molecule has 1 N–H and O–H groups in total. The number of nitro groups is 1. The fourth-order valence-corrected chi connectivity index (χ4v) is 3.61. The zero-order valence-corrected chi connectivity index (χ0v) is 15.7. The zero-order valence-electron chi connectivity index (χ0n) is 15.7. The molecule has 2 aromatic carbocycles. The summed E-state index contributed by atoms with van der Waals surface area (Å²) in [6.45, 7) is 3.74. The number of hydrogen-bond donors (Lipinski definition) is 1. The second-order valence-corrected chi connectivity index (χ2v) is 6.89. The van der Waals surface area contributed by atoms with Crippen LogP contribution in [0.5, 0.6) is 0 Å². The summed E-state index contributed by atoms with van der Waals surface area (Å²) >= 11 is 0. The van der Waals surface area contributed by atoms with Crippen molar-refractivity contribution in [3.8, 4) is 0 Å². The number of hydrogen-bond acceptors (Lipinski definition) is 7. The number of anilines is 2. The maximum Gasteiger partial charge on any atom is 0.293 e. The van der Waals surface area contributed by atoms with Crippen LogP contribution in [0.25, 0.3) is 10.9 Å². The monoisotopic (exact) mass is 378 g/mol. The molecule has 8 nitrogen and oxygen atoms in total. The highest BCUT2D eigenvalue weighted by molar-refractivity contribution is 5.95. The third-order valence-electron chi connectivity index (χ3n) is 4.99. The Bertz CT molecular complexity index is 989. The van der Waals surface area contributed by atoms with Crippen LogP contribution in [0, 0.1) is 10.1 Å². The summed E-state index contributed by atoms with van der Waals surface area (Å²) < 4.78 is 0. The van der Waals surface area contributed by atoms with E-state index in [0.29, 0.717) is 29.0 Å². The van der Waals surface area contributed by atoms with Gasteiger partial charge in [0.25, 0.3) is 5.69 Å². The largest absolute Gasteiger partial charge is 0.363 e. The molecule has 0 unspecified atom stereocenters. The van der Waals surface area contributed by atoms with Crippen LogP contribution in [0.4, 0.5) is 17.2 Å². The first-order valence-corrected chi connectivity index (χ1v) is 9.27. The molecule has 1 aliphatic rings. The fourth-order valence-electron chi connectivity index (χ4n) is 3.61. The molecule has 2 heterocycles. The minimum atomic E-state index is -0.315. The Morgan fingerprint density at radius 3 is 2.64 bits per heavy atom. The standard InChI is InChI=1S/C20H22N6O2/c1-24(13-15-5-3-2-4-6-15)20-16-11-19(26(27)28)18(12-17(16)22-14-23-20)25-9-7-21-8-10-25/h2-6,11-12,14,21H,7-10,13H2,1H3. The molecule has 1 fully saturated rings. The normalized spacial score (nSPS) is 14.2. The van der Waals surface area contributed by atoms with E-state index in [1.165, 1.54) is 6.33 Å². The van der Waals surface area contributed by atoms with Gasteiger partial charge in [0, 0.05) is 51.2 Å². The van der Waals surface area contributed by atoms with Gasteiger partial charge in [-0.15, -0.1) is 0 Å². The van der Waals surface area contributed by atoms with E-state index < -0.39 is 0 Å². The second kappa shape index (κ2) is 7.77. The van der Waals surface area contributed by atoms with Crippen molar-refractivity contribution < 1.29 is 4.92 Å². The fraction of sp³-hybridized carbons (Fsp3) is 0.300. The summed E-state index contributed by atoms with van der Waals surface area (Å²) in [6.07, 6.45) is 1.52. The molecule has 0 radical (unpaired) electrons. The van der Waals surface area contributed by atoms with Gasteiger partial charge in [-0.2, -0.15) is 0 Å². The third-order valence-corrected chi connectivity index (χ3v) is 4.99. The molecule has 3 aromatic rings. The van der Waals surface area contributed by atoms with Crippen LogP contribution in [0.15, 0.2) is 48.8 Å². The molecule has 28 heavy (non-hydrogen) atoms. The predicted octanol–water partition coefficient (Wildman–Crippen LogP) is 2.58. The average Bonchev–Trinajstić information content (AvgIpc) is 2.73. The highest BCUT2D eigenvalue weighted by Crippen LogP contribution is 2.35. The van der Waals surface area contributed by atoms with Gasteiger partial charge in [-0.3, -0.25) is 10.1 Å². The predicted molar refractivity (Wildman–Crippen MR) is 110 cm³/mol. The molecule has 144 valence electrons. The van der Waals surface area contributed by atoms with Crippen LogP contribution in [0.2, 0.25) is 0 Å². The van der Waals surface area contributed by atoms with Gasteiger partial charge in [0.1, 0.15) is 17.8 Å². The minimum Gasteiger partial charge on any atom is -0.363 e. The summed E-state index contributed by atoms with van der Waals surface area (Å²) in [7, 11) is 1.94. The summed E-state index contributed by atoms with van der Waals surface area (Å²) in [5.41, 5.74) is 2.57. The lowest BCUT2D eigenvalue weighted by atomic mass is 10.1. The summed E-state index contributed by atoms with van der Waals surface area (Å²) in [6, 6.07) is 13.5. The van der Waals surface area contributed by atoms with E-state index >= 15 is 0 Å². The SMILES string of the molecule is CN(Cc1ccccc1)c1ncnc2cc(N3CCNCC3)c([N+](=O)[O-])cc12. The van der Waals surface area contributed by atoms with Crippen molar-refractivity contribution in [2.24, 2.45) is 0 Å².